The van der Waals surface area contributed by atoms with Crippen LogP contribution < -0.4 is 9.47 Å². The number of rotatable bonds is 4. The van der Waals surface area contributed by atoms with E-state index >= 15 is 0 Å². The molecule has 1 aliphatic rings. The Morgan fingerprint density at radius 3 is 2.42 bits per heavy atom. The molecule has 3 rings (SSSR count). The van der Waals surface area contributed by atoms with E-state index in [1.54, 1.807) is 13.2 Å². The molecule has 24 heavy (non-hydrogen) atoms. The second-order valence-electron chi connectivity index (χ2n) is 5.67. The zero-order chi connectivity index (χ0) is 17.1. The van der Waals surface area contributed by atoms with Crippen molar-refractivity contribution in [2.24, 2.45) is 0 Å². The van der Waals surface area contributed by atoms with Gasteiger partial charge in [0.15, 0.2) is 11.5 Å². The van der Waals surface area contributed by atoms with Crippen LogP contribution in [0.4, 0.5) is 0 Å². The summed E-state index contributed by atoms with van der Waals surface area (Å²) in [7, 11) is 1.60. The van der Waals surface area contributed by atoms with Crippen LogP contribution in [0.15, 0.2) is 36.4 Å². The van der Waals surface area contributed by atoms with Crippen LogP contribution >= 0.6 is 23.5 Å². The molecular weight excluding hydrogens is 340 g/mol. The Labute approximate surface area is 151 Å². The summed E-state index contributed by atoms with van der Waals surface area (Å²) in [4.78, 5) is 12.4. The quantitative estimate of drug-likeness (QED) is 0.566. The first-order valence-corrected chi connectivity index (χ1v) is 9.89. The molecule has 3 nitrogen and oxygen atoms in total. The largest absolute Gasteiger partial charge is 0.493 e. The van der Waals surface area contributed by atoms with Crippen LogP contribution in [0.5, 0.6) is 11.5 Å². The van der Waals surface area contributed by atoms with E-state index in [0.29, 0.717) is 21.6 Å². The molecule has 1 aliphatic heterocycles. The maximum absolute atomic E-state index is 12.4. The summed E-state index contributed by atoms with van der Waals surface area (Å²) in [5.41, 5.74) is 3.97. The monoisotopic (exact) mass is 360 g/mol. The second kappa shape index (κ2) is 7.53. The highest BCUT2D eigenvalue weighted by Gasteiger charge is 2.21. The molecule has 0 aliphatic carbocycles. The van der Waals surface area contributed by atoms with Crippen LogP contribution in [0, 0.1) is 13.8 Å². The summed E-state index contributed by atoms with van der Waals surface area (Å²) in [6.07, 6.45) is 0. The maximum Gasteiger partial charge on any atom is 0.343 e. The predicted molar refractivity (Wildman–Crippen MR) is 102 cm³/mol. The minimum absolute atomic E-state index is 0.367. The van der Waals surface area contributed by atoms with Crippen molar-refractivity contribution in [3.05, 3.63) is 58.7 Å². The van der Waals surface area contributed by atoms with Crippen LogP contribution in [0.25, 0.3) is 0 Å². The van der Waals surface area contributed by atoms with Gasteiger partial charge in [-0.05, 0) is 54.8 Å². The number of carbonyl (C=O) groups is 1. The van der Waals surface area contributed by atoms with Crippen LogP contribution in [0.3, 0.4) is 0 Å². The standard InChI is InChI=1S/C19H20O3S2/c1-12-4-5-14(10-13(12)2)18(20)22-16-7-6-15(11-17(16)21-3)19-23-8-9-24-19/h4-7,10-11,19H,8-9H2,1-3H3. The first-order valence-electron chi connectivity index (χ1n) is 7.79. The van der Waals surface area contributed by atoms with Crippen LogP contribution in [-0.4, -0.2) is 24.6 Å². The summed E-state index contributed by atoms with van der Waals surface area (Å²) in [5.74, 6) is 3.02. The molecule has 0 bridgehead atoms. The van der Waals surface area contributed by atoms with E-state index in [2.05, 4.69) is 0 Å². The van der Waals surface area contributed by atoms with Gasteiger partial charge in [0, 0.05) is 11.5 Å². The minimum atomic E-state index is -0.367. The van der Waals surface area contributed by atoms with Gasteiger partial charge in [-0.2, -0.15) is 0 Å². The Morgan fingerprint density at radius 2 is 1.75 bits per heavy atom. The molecule has 126 valence electrons. The molecule has 1 fully saturated rings. The zero-order valence-electron chi connectivity index (χ0n) is 14.0. The van der Waals surface area contributed by atoms with Crippen molar-refractivity contribution in [1.29, 1.82) is 0 Å². The van der Waals surface area contributed by atoms with Gasteiger partial charge in [0.2, 0.25) is 0 Å². The summed E-state index contributed by atoms with van der Waals surface area (Å²) >= 11 is 3.87. The third-order valence-electron chi connectivity index (χ3n) is 4.03. The highest BCUT2D eigenvalue weighted by Crippen LogP contribution is 2.47. The lowest BCUT2D eigenvalue weighted by Crippen LogP contribution is -2.10. The smallest absolute Gasteiger partial charge is 0.343 e. The van der Waals surface area contributed by atoms with Gasteiger partial charge in [0.05, 0.1) is 17.3 Å². The van der Waals surface area contributed by atoms with Gasteiger partial charge in [-0.25, -0.2) is 4.79 Å². The van der Waals surface area contributed by atoms with Crippen molar-refractivity contribution in [1.82, 2.24) is 0 Å². The average molecular weight is 361 g/mol. The predicted octanol–water partition coefficient (Wildman–Crippen LogP) is 5.01. The molecule has 1 heterocycles. The lowest BCUT2D eigenvalue weighted by atomic mass is 10.1. The number of benzene rings is 2. The van der Waals surface area contributed by atoms with E-state index in [0.717, 1.165) is 11.1 Å². The summed E-state index contributed by atoms with van der Waals surface area (Å²) < 4.78 is 11.4. The van der Waals surface area contributed by atoms with E-state index in [-0.39, 0.29) is 5.97 Å². The van der Waals surface area contributed by atoms with Gasteiger partial charge in [0.1, 0.15) is 0 Å². The lowest BCUT2D eigenvalue weighted by molar-refractivity contribution is 0.0729. The number of carbonyl (C=O) groups excluding carboxylic acids is 1. The number of ether oxygens (including phenoxy) is 2. The van der Waals surface area contributed by atoms with E-state index < -0.39 is 0 Å². The number of hydrogen-bond acceptors (Lipinski definition) is 5. The third-order valence-corrected chi connectivity index (χ3v) is 7.13. The van der Waals surface area contributed by atoms with Gasteiger partial charge in [-0.15, -0.1) is 23.5 Å². The topological polar surface area (TPSA) is 35.5 Å². The van der Waals surface area contributed by atoms with E-state index in [9.17, 15) is 4.79 Å². The molecule has 0 N–H and O–H groups in total. The molecular formula is C19H20O3S2. The molecule has 0 saturated carbocycles. The van der Waals surface area contributed by atoms with Crippen molar-refractivity contribution in [3.63, 3.8) is 0 Å². The van der Waals surface area contributed by atoms with Gasteiger partial charge >= 0.3 is 5.97 Å². The first kappa shape index (κ1) is 17.2. The van der Waals surface area contributed by atoms with Crippen LogP contribution in [-0.2, 0) is 0 Å². The SMILES string of the molecule is COc1cc(C2SCCS2)ccc1OC(=O)c1ccc(C)c(C)c1. The van der Waals surface area contributed by atoms with Crippen molar-refractivity contribution in [2.75, 3.05) is 18.6 Å². The molecule has 0 aromatic heterocycles. The Bertz CT molecular complexity index is 752. The molecule has 0 amide bonds. The lowest BCUT2D eigenvalue weighted by Gasteiger charge is -2.14. The molecule has 1 saturated heterocycles. The fourth-order valence-corrected chi connectivity index (χ4v) is 5.33. The van der Waals surface area contributed by atoms with Crippen molar-refractivity contribution >= 4 is 29.5 Å². The number of thioether (sulfide) groups is 2. The van der Waals surface area contributed by atoms with Crippen molar-refractivity contribution in [2.45, 2.75) is 18.4 Å². The fourth-order valence-electron chi connectivity index (χ4n) is 2.49. The molecule has 0 spiro atoms. The van der Waals surface area contributed by atoms with Gasteiger partial charge in [-0.1, -0.05) is 12.1 Å². The number of esters is 1. The number of hydrogen-bond donors (Lipinski definition) is 0. The van der Waals surface area contributed by atoms with Crippen molar-refractivity contribution in [3.8, 4) is 11.5 Å². The Balaban J connectivity index is 1.80. The minimum Gasteiger partial charge on any atom is -0.493 e. The van der Waals surface area contributed by atoms with Gasteiger partial charge in [-0.3, -0.25) is 0 Å². The van der Waals surface area contributed by atoms with Crippen LogP contribution in [0.1, 0.15) is 31.6 Å². The number of methoxy groups -OCH3 is 1. The average Bonchev–Trinajstić information content (AvgIpc) is 3.12. The first-order chi connectivity index (χ1) is 11.6. The molecule has 5 heteroatoms. The second-order valence-corrected chi connectivity index (χ2v) is 8.40. The van der Waals surface area contributed by atoms with Crippen LogP contribution in [0.2, 0.25) is 0 Å². The van der Waals surface area contributed by atoms with E-state index in [1.165, 1.54) is 17.1 Å². The summed E-state index contributed by atoms with van der Waals surface area (Å²) in [6.45, 7) is 4.00. The fraction of sp³-hybridized carbons (Fsp3) is 0.316. The van der Waals surface area contributed by atoms with E-state index in [4.69, 9.17) is 9.47 Å². The molecule has 2 aromatic carbocycles. The Morgan fingerprint density at radius 1 is 1.00 bits per heavy atom. The van der Waals surface area contributed by atoms with Crippen molar-refractivity contribution < 1.29 is 14.3 Å². The molecule has 0 unspecified atom stereocenters. The molecule has 0 radical (unpaired) electrons. The number of aryl methyl sites for hydroxylation is 2. The zero-order valence-corrected chi connectivity index (χ0v) is 15.6. The highest BCUT2D eigenvalue weighted by atomic mass is 32.2. The third kappa shape index (κ3) is 3.73. The summed E-state index contributed by atoms with van der Waals surface area (Å²) in [5, 5.41) is 0. The molecule has 0 atom stereocenters. The Kier molecular flexibility index (Phi) is 5.41. The normalized spacial score (nSPS) is 14.6. The van der Waals surface area contributed by atoms with Gasteiger partial charge < -0.3 is 9.47 Å². The summed E-state index contributed by atoms with van der Waals surface area (Å²) in [6, 6.07) is 11.4. The van der Waals surface area contributed by atoms with Gasteiger partial charge in [0.25, 0.3) is 0 Å². The van der Waals surface area contributed by atoms with E-state index in [1.807, 2.05) is 67.7 Å². The maximum atomic E-state index is 12.4. The molecule has 2 aromatic rings. The Hall–Kier alpha value is -1.59. The highest BCUT2D eigenvalue weighted by molar-refractivity contribution is 8.19.